The van der Waals surface area contributed by atoms with Crippen molar-refractivity contribution in [3.05, 3.63) is 69.4 Å². The summed E-state index contributed by atoms with van der Waals surface area (Å²) in [6, 6.07) is 5.42. The van der Waals surface area contributed by atoms with Crippen LogP contribution in [0.1, 0.15) is 66.1 Å². The SMILES string of the molecule is CC(c1ccc(C(F)(F)F)nc1)n1nc(C#N)c2c(=O)[nH]c([C@@H]3CC[C@H]3c3ccn(C)n3)nc21. The molecule has 0 spiro atoms. The average molecular weight is 468 g/mol. The van der Waals surface area contributed by atoms with Crippen molar-refractivity contribution in [2.24, 2.45) is 7.05 Å². The van der Waals surface area contributed by atoms with Crippen LogP contribution >= 0.6 is 0 Å². The number of rotatable bonds is 4. The number of aromatic nitrogens is 7. The first-order valence-electron chi connectivity index (χ1n) is 10.6. The van der Waals surface area contributed by atoms with Gasteiger partial charge in [-0.25, -0.2) is 9.67 Å². The van der Waals surface area contributed by atoms with Crippen LogP contribution in [0.2, 0.25) is 0 Å². The van der Waals surface area contributed by atoms with Crippen LogP contribution in [0.15, 0.2) is 35.4 Å². The molecule has 1 aliphatic rings. The molecular formula is C22H19F3N8O. The van der Waals surface area contributed by atoms with Crippen LogP contribution in [-0.2, 0) is 13.2 Å². The largest absolute Gasteiger partial charge is 0.433 e. The molecule has 3 atom stereocenters. The van der Waals surface area contributed by atoms with Crippen LogP contribution in [0.25, 0.3) is 11.0 Å². The molecule has 0 amide bonds. The van der Waals surface area contributed by atoms with Gasteiger partial charge in [0, 0.05) is 31.3 Å². The van der Waals surface area contributed by atoms with E-state index in [0.29, 0.717) is 11.4 Å². The Morgan fingerprint density at radius 3 is 2.53 bits per heavy atom. The summed E-state index contributed by atoms with van der Waals surface area (Å²) < 4.78 is 41.8. The van der Waals surface area contributed by atoms with Gasteiger partial charge in [-0.15, -0.1) is 0 Å². The number of alkyl halides is 3. The summed E-state index contributed by atoms with van der Waals surface area (Å²) in [6.45, 7) is 1.69. The van der Waals surface area contributed by atoms with Crippen molar-refractivity contribution in [2.75, 3.05) is 0 Å². The van der Waals surface area contributed by atoms with E-state index in [0.717, 1.165) is 30.8 Å². The lowest BCUT2D eigenvalue weighted by Gasteiger charge is -2.34. The van der Waals surface area contributed by atoms with E-state index in [4.69, 9.17) is 0 Å². The number of pyridine rings is 1. The zero-order valence-electron chi connectivity index (χ0n) is 18.2. The number of hydrogen-bond acceptors (Lipinski definition) is 6. The molecule has 4 aromatic heterocycles. The maximum absolute atomic E-state index is 12.9. The Kier molecular flexibility index (Phi) is 5.00. The van der Waals surface area contributed by atoms with E-state index in [-0.39, 0.29) is 28.6 Å². The van der Waals surface area contributed by atoms with Crippen molar-refractivity contribution in [1.29, 1.82) is 5.26 Å². The smallest absolute Gasteiger partial charge is 0.310 e. The summed E-state index contributed by atoms with van der Waals surface area (Å²) >= 11 is 0. The van der Waals surface area contributed by atoms with Gasteiger partial charge >= 0.3 is 6.18 Å². The number of nitrogens with zero attached hydrogens (tertiary/aromatic N) is 7. The van der Waals surface area contributed by atoms with Crippen molar-refractivity contribution >= 4 is 11.0 Å². The van der Waals surface area contributed by atoms with E-state index in [1.54, 1.807) is 11.6 Å². The quantitative estimate of drug-likeness (QED) is 0.490. The molecule has 1 fully saturated rings. The molecular weight excluding hydrogens is 449 g/mol. The second-order valence-corrected chi connectivity index (χ2v) is 8.41. The summed E-state index contributed by atoms with van der Waals surface area (Å²) in [4.78, 5) is 23.9. The van der Waals surface area contributed by atoms with E-state index in [2.05, 4.69) is 25.1 Å². The molecule has 4 heterocycles. The van der Waals surface area contributed by atoms with Gasteiger partial charge in [-0.3, -0.25) is 14.5 Å². The third kappa shape index (κ3) is 3.53. The van der Waals surface area contributed by atoms with Gasteiger partial charge in [0.2, 0.25) is 0 Å². The minimum Gasteiger partial charge on any atom is -0.310 e. The van der Waals surface area contributed by atoms with Crippen LogP contribution in [-0.4, -0.2) is 34.5 Å². The lowest BCUT2D eigenvalue weighted by molar-refractivity contribution is -0.141. The summed E-state index contributed by atoms with van der Waals surface area (Å²) in [6.07, 6.45) is 0.139. The third-order valence-corrected chi connectivity index (χ3v) is 6.35. The predicted molar refractivity (Wildman–Crippen MR) is 114 cm³/mol. The molecule has 1 N–H and O–H groups in total. The fourth-order valence-corrected chi connectivity index (χ4v) is 4.36. The van der Waals surface area contributed by atoms with Gasteiger partial charge in [-0.05, 0) is 37.5 Å². The van der Waals surface area contributed by atoms with Gasteiger partial charge in [0.1, 0.15) is 23.0 Å². The Morgan fingerprint density at radius 2 is 1.97 bits per heavy atom. The summed E-state index contributed by atoms with van der Waals surface area (Å²) in [7, 11) is 1.84. The zero-order chi connectivity index (χ0) is 24.2. The number of nitriles is 1. The van der Waals surface area contributed by atoms with E-state index in [9.17, 15) is 23.2 Å². The third-order valence-electron chi connectivity index (χ3n) is 6.35. The highest BCUT2D eigenvalue weighted by molar-refractivity contribution is 5.80. The number of aryl methyl sites for hydroxylation is 1. The van der Waals surface area contributed by atoms with Gasteiger partial charge < -0.3 is 4.98 Å². The number of aromatic amines is 1. The fraction of sp³-hybridized carbons (Fsp3) is 0.364. The van der Waals surface area contributed by atoms with Crippen LogP contribution in [0.4, 0.5) is 13.2 Å². The summed E-state index contributed by atoms with van der Waals surface area (Å²) in [5.74, 6) is 0.525. The molecule has 0 bridgehead atoms. The first kappa shape index (κ1) is 21.8. The molecule has 12 heteroatoms. The standard InChI is InChI=1S/C22H19F3N8O/c1-11(12-3-6-17(27-10-12)22(23,24)25)33-20-18(16(9-26)31-33)21(34)29-19(28-20)14-5-4-13(14)15-7-8-32(2)30-15/h3,6-8,10-11,13-14H,4-5H2,1-2H3,(H,28,29,34)/t11?,13-,14-/m1/s1. The molecule has 1 aliphatic carbocycles. The highest BCUT2D eigenvalue weighted by Gasteiger charge is 2.37. The van der Waals surface area contributed by atoms with Gasteiger partial charge in [0.05, 0.1) is 11.7 Å². The van der Waals surface area contributed by atoms with Gasteiger partial charge in [0.25, 0.3) is 5.56 Å². The second kappa shape index (κ2) is 7.79. The number of nitrogens with one attached hydrogen (secondary N) is 1. The predicted octanol–water partition coefficient (Wildman–Crippen LogP) is 3.41. The number of hydrogen-bond donors (Lipinski definition) is 1. The van der Waals surface area contributed by atoms with Crippen LogP contribution < -0.4 is 5.56 Å². The second-order valence-electron chi connectivity index (χ2n) is 8.41. The lowest BCUT2D eigenvalue weighted by atomic mass is 9.71. The minimum atomic E-state index is -4.55. The Labute approximate surface area is 190 Å². The number of H-pyrrole nitrogens is 1. The molecule has 34 heavy (non-hydrogen) atoms. The van der Waals surface area contributed by atoms with Crippen molar-refractivity contribution in [3.8, 4) is 6.07 Å². The average Bonchev–Trinajstić information content (AvgIpc) is 3.35. The van der Waals surface area contributed by atoms with Crippen molar-refractivity contribution in [1.82, 2.24) is 34.5 Å². The molecule has 9 nitrogen and oxygen atoms in total. The highest BCUT2D eigenvalue weighted by Crippen LogP contribution is 2.47. The molecule has 0 aliphatic heterocycles. The number of fused-ring (bicyclic) bond motifs is 1. The molecule has 1 unspecified atom stereocenters. The van der Waals surface area contributed by atoms with Gasteiger partial charge in [-0.2, -0.15) is 28.6 Å². The first-order valence-corrected chi connectivity index (χ1v) is 10.6. The topological polar surface area (TPSA) is 118 Å². The number of halogens is 3. The van der Waals surface area contributed by atoms with Crippen LogP contribution in [0, 0.1) is 11.3 Å². The molecule has 1 saturated carbocycles. The summed E-state index contributed by atoms with van der Waals surface area (Å²) in [5, 5.41) is 18.3. The van der Waals surface area contributed by atoms with Crippen molar-refractivity contribution in [2.45, 2.75) is 43.8 Å². The monoisotopic (exact) mass is 468 g/mol. The molecule has 0 radical (unpaired) electrons. The van der Waals surface area contributed by atoms with Gasteiger partial charge in [0.15, 0.2) is 11.3 Å². The van der Waals surface area contributed by atoms with Crippen molar-refractivity contribution in [3.63, 3.8) is 0 Å². The summed E-state index contributed by atoms with van der Waals surface area (Å²) in [5.41, 5.74) is -0.0372. The van der Waals surface area contributed by atoms with Crippen LogP contribution in [0.3, 0.4) is 0 Å². The van der Waals surface area contributed by atoms with Crippen molar-refractivity contribution < 1.29 is 13.2 Å². The van der Waals surface area contributed by atoms with E-state index in [1.165, 1.54) is 10.7 Å². The van der Waals surface area contributed by atoms with Crippen LogP contribution in [0.5, 0.6) is 0 Å². The zero-order valence-corrected chi connectivity index (χ0v) is 18.2. The maximum Gasteiger partial charge on any atom is 0.433 e. The Hall–Kier alpha value is -4.01. The lowest BCUT2D eigenvalue weighted by Crippen LogP contribution is -2.27. The first-order chi connectivity index (χ1) is 16.2. The maximum atomic E-state index is 12.9. The normalized spacial score (nSPS) is 19.1. The molecule has 0 saturated heterocycles. The Bertz CT molecular complexity index is 1480. The molecule has 5 rings (SSSR count). The molecule has 4 aromatic rings. The van der Waals surface area contributed by atoms with E-state index >= 15 is 0 Å². The Balaban J connectivity index is 1.57. The van der Waals surface area contributed by atoms with E-state index in [1.807, 2.05) is 25.4 Å². The minimum absolute atomic E-state index is 0.0479. The highest BCUT2D eigenvalue weighted by atomic mass is 19.4. The molecule has 0 aromatic carbocycles. The van der Waals surface area contributed by atoms with Gasteiger partial charge in [-0.1, -0.05) is 6.07 Å². The molecule has 174 valence electrons. The fourth-order valence-electron chi connectivity index (χ4n) is 4.36. The van der Waals surface area contributed by atoms with E-state index < -0.39 is 23.5 Å². The Morgan fingerprint density at radius 1 is 1.21 bits per heavy atom.